The van der Waals surface area contributed by atoms with Crippen molar-refractivity contribution in [3.63, 3.8) is 0 Å². The van der Waals surface area contributed by atoms with Crippen LogP contribution in [-0.2, 0) is 14.8 Å². The number of carbonyl (C=O) groups is 1. The number of morpholine rings is 1. The first-order valence-electron chi connectivity index (χ1n) is 7.72. The van der Waals surface area contributed by atoms with E-state index in [2.05, 4.69) is 10.3 Å². The van der Waals surface area contributed by atoms with Crippen LogP contribution in [0.5, 0.6) is 0 Å². The van der Waals surface area contributed by atoms with Crippen molar-refractivity contribution in [1.82, 2.24) is 9.29 Å². The van der Waals surface area contributed by atoms with Crippen molar-refractivity contribution in [2.24, 2.45) is 0 Å². The minimum atomic E-state index is -3.68. The van der Waals surface area contributed by atoms with Crippen molar-refractivity contribution in [1.29, 1.82) is 0 Å². The Hall–Kier alpha value is -2.23. The zero-order chi connectivity index (χ0) is 18.0. The molecule has 1 aliphatic rings. The second kappa shape index (κ2) is 6.95. The van der Waals surface area contributed by atoms with Crippen molar-refractivity contribution < 1.29 is 22.3 Å². The number of H-pyrrole nitrogens is 1. The van der Waals surface area contributed by atoms with E-state index in [0.29, 0.717) is 24.5 Å². The Morgan fingerprint density at radius 3 is 2.68 bits per heavy atom. The first-order chi connectivity index (χ1) is 11.9. The molecule has 3 rings (SSSR count). The maximum atomic E-state index is 13.5. The lowest BCUT2D eigenvalue weighted by Gasteiger charge is -2.25. The van der Waals surface area contributed by atoms with Gasteiger partial charge in [0.1, 0.15) is 16.4 Å². The molecule has 0 unspecified atom stereocenters. The highest BCUT2D eigenvalue weighted by Crippen LogP contribution is 2.19. The monoisotopic (exact) mass is 367 g/mol. The van der Waals surface area contributed by atoms with Crippen LogP contribution in [0.4, 0.5) is 10.1 Å². The number of anilines is 1. The quantitative estimate of drug-likeness (QED) is 0.861. The second-order valence-corrected chi connectivity index (χ2v) is 7.62. The average Bonchev–Trinajstić information content (AvgIpc) is 3.10. The predicted molar refractivity (Wildman–Crippen MR) is 89.5 cm³/mol. The molecule has 0 spiro atoms. The maximum absolute atomic E-state index is 13.5. The summed E-state index contributed by atoms with van der Waals surface area (Å²) in [7, 11) is -3.68. The SMILES string of the molecule is Cc1ccc(NC(=O)c2cc(S(=O)(=O)N3CCOCC3)c[nH]2)cc1F. The maximum Gasteiger partial charge on any atom is 0.272 e. The number of ether oxygens (including phenoxy) is 1. The normalized spacial score (nSPS) is 15.9. The summed E-state index contributed by atoms with van der Waals surface area (Å²) in [4.78, 5) is 14.9. The van der Waals surface area contributed by atoms with Crippen molar-refractivity contribution >= 4 is 21.6 Å². The Morgan fingerprint density at radius 2 is 2.00 bits per heavy atom. The molecule has 2 N–H and O–H groups in total. The summed E-state index contributed by atoms with van der Waals surface area (Å²) in [5.74, 6) is -0.980. The number of sulfonamides is 1. The molecule has 0 atom stereocenters. The summed E-state index contributed by atoms with van der Waals surface area (Å²) in [6.45, 7) is 2.86. The first kappa shape index (κ1) is 17.6. The summed E-state index contributed by atoms with van der Waals surface area (Å²) in [5.41, 5.74) is 0.838. The van der Waals surface area contributed by atoms with E-state index >= 15 is 0 Å². The van der Waals surface area contributed by atoms with Gasteiger partial charge in [-0.15, -0.1) is 0 Å². The van der Waals surface area contributed by atoms with Crippen LogP contribution in [0.1, 0.15) is 16.1 Å². The largest absolute Gasteiger partial charge is 0.379 e. The number of aryl methyl sites for hydroxylation is 1. The van der Waals surface area contributed by atoms with Crippen LogP contribution >= 0.6 is 0 Å². The third-order valence-corrected chi connectivity index (χ3v) is 5.82. The third-order valence-electron chi connectivity index (χ3n) is 3.94. The molecule has 25 heavy (non-hydrogen) atoms. The molecule has 0 aliphatic carbocycles. The molecule has 1 fully saturated rings. The van der Waals surface area contributed by atoms with Crippen LogP contribution in [0.2, 0.25) is 0 Å². The standard InChI is InChI=1S/C16H18FN3O4S/c1-11-2-3-12(8-14(11)17)19-16(21)15-9-13(10-18-15)25(22,23)20-4-6-24-7-5-20/h2-3,8-10,18H,4-7H2,1H3,(H,19,21). The number of halogens is 1. The Morgan fingerprint density at radius 1 is 1.28 bits per heavy atom. The van der Waals surface area contributed by atoms with Crippen molar-refractivity contribution in [2.75, 3.05) is 31.6 Å². The molecule has 7 nitrogen and oxygen atoms in total. The van der Waals surface area contributed by atoms with Gasteiger partial charge in [0.25, 0.3) is 5.91 Å². The van der Waals surface area contributed by atoms with Crippen LogP contribution in [0.15, 0.2) is 35.4 Å². The van der Waals surface area contributed by atoms with Gasteiger partial charge in [-0.25, -0.2) is 12.8 Å². The van der Waals surface area contributed by atoms with Crippen molar-refractivity contribution in [3.05, 3.63) is 47.5 Å². The molecule has 1 aromatic heterocycles. The number of amides is 1. The Kier molecular flexibility index (Phi) is 4.89. The molecule has 1 aromatic carbocycles. The van der Waals surface area contributed by atoms with Crippen LogP contribution in [0.3, 0.4) is 0 Å². The van der Waals surface area contributed by atoms with Crippen molar-refractivity contribution in [2.45, 2.75) is 11.8 Å². The third kappa shape index (κ3) is 3.73. The van der Waals surface area contributed by atoms with Crippen molar-refractivity contribution in [3.8, 4) is 0 Å². The zero-order valence-electron chi connectivity index (χ0n) is 13.6. The molecule has 134 valence electrons. The summed E-state index contributed by atoms with van der Waals surface area (Å²) in [6, 6.07) is 5.60. The van der Waals surface area contributed by atoms with Gasteiger partial charge in [0.05, 0.1) is 13.2 Å². The first-order valence-corrected chi connectivity index (χ1v) is 9.16. The second-order valence-electron chi connectivity index (χ2n) is 5.68. The fourth-order valence-corrected chi connectivity index (χ4v) is 3.86. The molecule has 1 amide bonds. The summed E-state index contributed by atoms with van der Waals surface area (Å²) in [5, 5.41) is 2.53. The van der Waals surface area contributed by atoms with E-state index in [0.717, 1.165) is 0 Å². The van der Waals surface area contributed by atoms with Gasteiger partial charge >= 0.3 is 0 Å². The minimum Gasteiger partial charge on any atom is -0.379 e. The molecule has 2 aromatic rings. The smallest absolute Gasteiger partial charge is 0.272 e. The van der Waals surface area contributed by atoms with Gasteiger partial charge in [-0.3, -0.25) is 4.79 Å². The number of nitrogens with zero attached hydrogens (tertiary/aromatic N) is 1. The predicted octanol–water partition coefficient (Wildman–Crippen LogP) is 1.74. The van der Waals surface area contributed by atoms with Crippen LogP contribution in [0, 0.1) is 12.7 Å². The Bertz CT molecular complexity index is 889. The number of carbonyl (C=O) groups excluding carboxylic acids is 1. The molecule has 0 saturated carbocycles. The van der Waals surface area contributed by atoms with Gasteiger partial charge in [-0.1, -0.05) is 6.07 Å². The van der Waals surface area contributed by atoms with Crippen LogP contribution < -0.4 is 5.32 Å². The van der Waals surface area contributed by atoms with Gasteiger partial charge in [0.15, 0.2) is 0 Å². The summed E-state index contributed by atoms with van der Waals surface area (Å²) < 4.78 is 45.1. The molecule has 9 heteroatoms. The lowest BCUT2D eigenvalue weighted by molar-refractivity contribution is 0.0730. The number of hydrogen-bond acceptors (Lipinski definition) is 4. The molecular weight excluding hydrogens is 349 g/mol. The van der Waals surface area contributed by atoms with Gasteiger partial charge < -0.3 is 15.0 Å². The highest BCUT2D eigenvalue weighted by atomic mass is 32.2. The van der Waals surface area contributed by atoms with Gasteiger partial charge in [-0.05, 0) is 30.7 Å². The highest BCUT2D eigenvalue weighted by molar-refractivity contribution is 7.89. The average molecular weight is 367 g/mol. The number of rotatable bonds is 4. The van der Waals surface area contributed by atoms with Crippen LogP contribution in [0.25, 0.3) is 0 Å². The molecular formula is C16H18FN3O4S. The Balaban J connectivity index is 1.76. The van der Waals surface area contributed by atoms with E-state index in [4.69, 9.17) is 4.74 Å². The van der Waals surface area contributed by atoms with E-state index in [1.54, 1.807) is 19.1 Å². The van der Waals surface area contributed by atoms with E-state index in [-0.39, 0.29) is 23.7 Å². The lowest BCUT2D eigenvalue weighted by atomic mass is 10.2. The topological polar surface area (TPSA) is 91.5 Å². The fourth-order valence-electron chi connectivity index (χ4n) is 2.46. The number of nitrogens with one attached hydrogen (secondary N) is 2. The summed E-state index contributed by atoms with van der Waals surface area (Å²) in [6.07, 6.45) is 1.27. The summed E-state index contributed by atoms with van der Waals surface area (Å²) >= 11 is 0. The lowest BCUT2D eigenvalue weighted by Crippen LogP contribution is -2.40. The van der Waals surface area contributed by atoms with Gasteiger partial charge in [0.2, 0.25) is 10.0 Å². The number of aromatic nitrogens is 1. The molecule has 2 heterocycles. The van der Waals surface area contributed by atoms with E-state index in [1.807, 2.05) is 0 Å². The van der Waals surface area contributed by atoms with E-state index < -0.39 is 21.7 Å². The van der Waals surface area contributed by atoms with E-state index in [9.17, 15) is 17.6 Å². The fraction of sp³-hybridized carbons (Fsp3) is 0.312. The van der Waals surface area contributed by atoms with Gasteiger partial charge in [0, 0.05) is 25.0 Å². The minimum absolute atomic E-state index is 0.00892. The molecule has 0 bridgehead atoms. The van der Waals surface area contributed by atoms with Gasteiger partial charge in [-0.2, -0.15) is 4.31 Å². The Labute approximate surface area is 144 Å². The molecule has 0 radical (unpaired) electrons. The molecule has 1 saturated heterocycles. The number of benzene rings is 1. The van der Waals surface area contributed by atoms with Crippen LogP contribution in [-0.4, -0.2) is 49.9 Å². The highest BCUT2D eigenvalue weighted by Gasteiger charge is 2.28. The van der Waals surface area contributed by atoms with E-state index in [1.165, 1.54) is 22.6 Å². The molecule has 1 aliphatic heterocycles. The zero-order valence-corrected chi connectivity index (χ0v) is 14.4. The number of aromatic amines is 1. The number of hydrogen-bond donors (Lipinski definition) is 2.